The van der Waals surface area contributed by atoms with Crippen molar-refractivity contribution in [1.82, 2.24) is 0 Å². The number of nitrogens with zero attached hydrogens (tertiary/aromatic N) is 1. The van der Waals surface area contributed by atoms with Gasteiger partial charge in [-0.15, -0.1) is 0 Å². The summed E-state index contributed by atoms with van der Waals surface area (Å²) in [5, 5.41) is 1.07. The van der Waals surface area contributed by atoms with E-state index in [2.05, 4.69) is 229 Å². The molecule has 0 saturated heterocycles. The number of furan rings is 1. The van der Waals surface area contributed by atoms with Crippen LogP contribution in [0, 0.1) is 0 Å². The van der Waals surface area contributed by atoms with Gasteiger partial charge in [-0.1, -0.05) is 194 Å². The molecule has 0 unspecified atom stereocenters. The van der Waals surface area contributed by atoms with Gasteiger partial charge in [0, 0.05) is 28.3 Å². The highest BCUT2D eigenvalue weighted by atomic mass is 16.3. The Labute approximate surface area is 350 Å². The highest BCUT2D eigenvalue weighted by Crippen LogP contribution is 2.62. The Balaban J connectivity index is 1.21. The Morgan fingerprint density at radius 2 is 0.733 bits per heavy atom. The third-order valence-corrected chi connectivity index (χ3v) is 13.1. The molecule has 1 aromatic heterocycles. The first-order valence-electron chi connectivity index (χ1n) is 20.8. The molecule has 0 fully saturated rings. The molecule has 2 aliphatic carbocycles. The van der Waals surface area contributed by atoms with Crippen molar-refractivity contribution in [2.45, 2.75) is 10.8 Å². The molecule has 0 amide bonds. The SMILES string of the molecule is c1ccc(C2(c3ccccc3)c3ccccc3-c3c(N(c4ccc5ccoc5c4)c4cccc5c4-c4ccccc4C5(c4ccccc4)c4ccccc4)cccc32)cc1. The molecule has 2 nitrogen and oxygen atoms in total. The monoisotopic (exact) mass is 765 g/mol. The zero-order chi connectivity index (χ0) is 39.7. The number of hydrogen-bond acceptors (Lipinski definition) is 2. The first-order valence-corrected chi connectivity index (χ1v) is 20.8. The van der Waals surface area contributed by atoms with Gasteiger partial charge in [-0.05, 0) is 86.0 Å². The zero-order valence-electron chi connectivity index (χ0n) is 32.9. The number of rotatable bonds is 7. The predicted octanol–water partition coefficient (Wildman–Crippen LogP) is 14.6. The molecular weight excluding hydrogens is 727 g/mol. The molecular formula is C58H39NO. The maximum Gasteiger partial charge on any atom is 0.135 e. The first-order chi connectivity index (χ1) is 29.8. The molecule has 0 spiro atoms. The largest absolute Gasteiger partial charge is 0.464 e. The van der Waals surface area contributed by atoms with Gasteiger partial charge in [0.1, 0.15) is 5.58 Å². The third-order valence-electron chi connectivity index (χ3n) is 13.1. The highest BCUT2D eigenvalue weighted by molar-refractivity contribution is 6.03. The molecule has 0 aliphatic heterocycles. The van der Waals surface area contributed by atoms with Gasteiger partial charge in [0.15, 0.2) is 0 Å². The molecule has 2 aliphatic rings. The van der Waals surface area contributed by atoms with Crippen molar-refractivity contribution in [3.05, 3.63) is 281 Å². The first kappa shape index (κ1) is 34.4. The van der Waals surface area contributed by atoms with Gasteiger partial charge in [0.05, 0.1) is 28.5 Å². The van der Waals surface area contributed by atoms with Crippen LogP contribution in [-0.4, -0.2) is 0 Å². The highest BCUT2D eigenvalue weighted by Gasteiger charge is 2.49. The number of anilines is 3. The minimum atomic E-state index is -0.540. The lowest BCUT2D eigenvalue weighted by Crippen LogP contribution is -2.28. The predicted molar refractivity (Wildman–Crippen MR) is 246 cm³/mol. The molecule has 12 rings (SSSR count). The van der Waals surface area contributed by atoms with E-state index < -0.39 is 10.8 Å². The Morgan fingerprint density at radius 3 is 1.18 bits per heavy atom. The van der Waals surface area contributed by atoms with E-state index in [-0.39, 0.29) is 0 Å². The number of hydrogen-bond donors (Lipinski definition) is 0. The lowest BCUT2D eigenvalue weighted by atomic mass is 9.67. The van der Waals surface area contributed by atoms with Gasteiger partial charge in [-0.25, -0.2) is 0 Å². The Hall–Kier alpha value is -7.68. The zero-order valence-corrected chi connectivity index (χ0v) is 32.9. The number of fused-ring (bicyclic) bond motifs is 7. The molecule has 10 aromatic rings. The van der Waals surface area contributed by atoms with Crippen molar-refractivity contribution in [1.29, 1.82) is 0 Å². The second kappa shape index (κ2) is 13.4. The van der Waals surface area contributed by atoms with Gasteiger partial charge < -0.3 is 9.32 Å². The van der Waals surface area contributed by atoms with Crippen LogP contribution in [0.1, 0.15) is 44.5 Å². The Morgan fingerprint density at radius 1 is 0.333 bits per heavy atom. The smallest absolute Gasteiger partial charge is 0.135 e. The van der Waals surface area contributed by atoms with E-state index in [0.29, 0.717) is 0 Å². The minimum absolute atomic E-state index is 0.540. The third kappa shape index (κ3) is 4.70. The summed E-state index contributed by atoms with van der Waals surface area (Å²) in [7, 11) is 0. The summed E-state index contributed by atoms with van der Waals surface area (Å²) < 4.78 is 6.15. The van der Waals surface area contributed by atoms with E-state index in [9.17, 15) is 0 Å². The summed E-state index contributed by atoms with van der Waals surface area (Å²) in [6, 6.07) is 84.8. The average Bonchev–Trinajstić information content (AvgIpc) is 4.01. The second-order valence-corrected chi connectivity index (χ2v) is 15.9. The summed E-state index contributed by atoms with van der Waals surface area (Å²) in [6.07, 6.45) is 1.79. The minimum Gasteiger partial charge on any atom is -0.464 e. The van der Waals surface area contributed by atoms with Crippen molar-refractivity contribution < 1.29 is 4.42 Å². The molecule has 60 heavy (non-hydrogen) atoms. The Kier molecular flexibility index (Phi) is 7.70. The maximum absolute atomic E-state index is 6.15. The van der Waals surface area contributed by atoms with Crippen LogP contribution in [0.5, 0.6) is 0 Å². The summed E-state index contributed by atoms with van der Waals surface area (Å²) >= 11 is 0. The van der Waals surface area contributed by atoms with E-state index in [1.54, 1.807) is 6.26 Å². The van der Waals surface area contributed by atoms with E-state index >= 15 is 0 Å². The van der Waals surface area contributed by atoms with Crippen molar-refractivity contribution in [2.75, 3.05) is 4.90 Å². The molecule has 2 heteroatoms. The lowest BCUT2D eigenvalue weighted by Gasteiger charge is -2.35. The second-order valence-electron chi connectivity index (χ2n) is 15.9. The van der Waals surface area contributed by atoms with E-state index in [1.807, 2.05) is 6.07 Å². The fourth-order valence-corrected chi connectivity index (χ4v) is 10.8. The summed E-state index contributed by atoms with van der Waals surface area (Å²) in [6.45, 7) is 0. The summed E-state index contributed by atoms with van der Waals surface area (Å²) in [4.78, 5) is 2.51. The van der Waals surface area contributed by atoms with Crippen LogP contribution in [0.15, 0.2) is 241 Å². The summed E-state index contributed by atoms with van der Waals surface area (Å²) in [5.41, 5.74) is 18.0. The van der Waals surface area contributed by atoms with Crippen LogP contribution < -0.4 is 4.90 Å². The summed E-state index contributed by atoms with van der Waals surface area (Å²) in [5.74, 6) is 0. The molecule has 0 radical (unpaired) electrons. The van der Waals surface area contributed by atoms with E-state index in [1.165, 1.54) is 66.8 Å². The van der Waals surface area contributed by atoms with Crippen molar-refractivity contribution >= 4 is 28.0 Å². The topological polar surface area (TPSA) is 16.4 Å². The fourth-order valence-electron chi connectivity index (χ4n) is 10.8. The van der Waals surface area contributed by atoms with E-state index in [0.717, 1.165) is 28.0 Å². The van der Waals surface area contributed by atoms with Crippen molar-refractivity contribution in [3.63, 3.8) is 0 Å². The fraction of sp³-hybridized carbons (Fsp3) is 0.0345. The molecule has 0 N–H and O–H groups in total. The normalized spacial score (nSPS) is 13.9. The van der Waals surface area contributed by atoms with Crippen LogP contribution in [0.4, 0.5) is 17.1 Å². The van der Waals surface area contributed by atoms with Gasteiger partial charge in [-0.2, -0.15) is 0 Å². The standard InChI is InChI=1S/C58H39NO/c1-5-19-41(20-6-1)57(42-21-7-2-8-22-42)48-29-15-13-27-46(48)55-50(57)31-17-33-52(55)59(45-36-35-40-37-38-60-54(40)39-45)53-34-18-32-51-56(53)47-28-14-16-30-49(47)58(51,43-23-9-3-10-24-43)44-25-11-4-12-26-44/h1-39H. The van der Waals surface area contributed by atoms with Crippen LogP contribution in [-0.2, 0) is 10.8 Å². The van der Waals surface area contributed by atoms with E-state index in [4.69, 9.17) is 4.42 Å². The van der Waals surface area contributed by atoms with Crippen LogP contribution >= 0.6 is 0 Å². The quantitative estimate of drug-likeness (QED) is 0.161. The van der Waals surface area contributed by atoms with Crippen LogP contribution in [0.3, 0.4) is 0 Å². The van der Waals surface area contributed by atoms with Gasteiger partial charge in [-0.3, -0.25) is 0 Å². The molecule has 1 heterocycles. The molecule has 0 saturated carbocycles. The van der Waals surface area contributed by atoms with Crippen LogP contribution in [0.25, 0.3) is 33.2 Å². The lowest BCUT2D eigenvalue weighted by molar-refractivity contribution is 0.616. The van der Waals surface area contributed by atoms with Gasteiger partial charge in [0.25, 0.3) is 0 Å². The molecule has 9 aromatic carbocycles. The molecule has 282 valence electrons. The number of benzene rings is 9. The maximum atomic E-state index is 6.15. The van der Waals surface area contributed by atoms with Gasteiger partial charge >= 0.3 is 0 Å². The van der Waals surface area contributed by atoms with Gasteiger partial charge in [0.2, 0.25) is 0 Å². The molecule has 0 bridgehead atoms. The van der Waals surface area contributed by atoms with Crippen molar-refractivity contribution in [2.24, 2.45) is 0 Å². The van der Waals surface area contributed by atoms with Crippen molar-refractivity contribution in [3.8, 4) is 22.3 Å². The average molecular weight is 766 g/mol. The van der Waals surface area contributed by atoms with Crippen LogP contribution in [0.2, 0.25) is 0 Å². The molecule has 0 atom stereocenters. The Bertz CT molecular complexity index is 2940.